The van der Waals surface area contributed by atoms with E-state index in [1.807, 2.05) is 11.8 Å². The first-order chi connectivity index (χ1) is 22.8. The lowest BCUT2D eigenvalue weighted by Gasteiger charge is -2.22. The van der Waals surface area contributed by atoms with Crippen molar-refractivity contribution in [3.05, 3.63) is 164 Å². The van der Waals surface area contributed by atoms with Gasteiger partial charge in [0.1, 0.15) is 0 Å². The number of hydrogen-bond acceptors (Lipinski definition) is 1. The largest absolute Gasteiger partial charge is 0.309 e. The Bertz CT molecular complexity index is 2660. The molecule has 2 heterocycles. The summed E-state index contributed by atoms with van der Waals surface area (Å²) in [6, 6.07) is 60.2. The van der Waals surface area contributed by atoms with Gasteiger partial charge in [-0.05, 0) is 74.5 Å². The van der Waals surface area contributed by atoms with E-state index in [-0.39, 0.29) is 0 Å². The minimum atomic E-state index is 1.17. The molecule has 8 aromatic carbocycles. The van der Waals surface area contributed by atoms with Gasteiger partial charge in [-0.2, -0.15) is 0 Å². The summed E-state index contributed by atoms with van der Waals surface area (Å²) in [4.78, 5) is 2.65. The van der Waals surface area contributed by atoms with Crippen LogP contribution in [-0.2, 0) is 0 Å². The van der Waals surface area contributed by atoms with Gasteiger partial charge in [-0.25, -0.2) is 0 Å². The molecular weight excluding hydrogens is 575 g/mol. The molecule has 0 unspecified atom stereocenters. The van der Waals surface area contributed by atoms with Crippen LogP contribution in [0.1, 0.15) is 0 Å². The third-order valence-electron chi connectivity index (χ3n) is 9.60. The quantitative estimate of drug-likeness (QED) is 0.195. The molecule has 0 radical (unpaired) electrons. The fourth-order valence-electron chi connectivity index (χ4n) is 7.58. The van der Waals surface area contributed by atoms with Crippen LogP contribution in [0.4, 0.5) is 0 Å². The summed E-state index contributed by atoms with van der Waals surface area (Å²) in [5.41, 5.74) is 11.3. The van der Waals surface area contributed by atoms with Gasteiger partial charge >= 0.3 is 0 Å². The van der Waals surface area contributed by atoms with Gasteiger partial charge in [-0.1, -0.05) is 145 Å². The van der Waals surface area contributed by atoms with Crippen LogP contribution in [0.2, 0.25) is 0 Å². The number of benzene rings is 8. The fourth-order valence-corrected chi connectivity index (χ4v) is 8.71. The predicted octanol–water partition coefficient (Wildman–Crippen LogP) is 12.6. The Morgan fingerprint density at radius 3 is 2.02 bits per heavy atom. The molecule has 1 nitrogen and oxygen atoms in total. The highest BCUT2D eigenvalue weighted by molar-refractivity contribution is 7.99. The molecule has 0 saturated heterocycles. The van der Waals surface area contributed by atoms with Gasteiger partial charge in [0.05, 0.1) is 11.0 Å². The van der Waals surface area contributed by atoms with E-state index >= 15 is 0 Å². The van der Waals surface area contributed by atoms with E-state index in [4.69, 9.17) is 0 Å². The molecule has 1 aliphatic rings. The number of nitrogens with zero attached hydrogens (tertiary/aromatic N) is 1. The molecule has 10 rings (SSSR count). The summed E-state index contributed by atoms with van der Waals surface area (Å²) < 4.78 is 2.45. The zero-order chi connectivity index (χ0) is 30.2. The second-order valence-corrected chi connectivity index (χ2v) is 13.2. The predicted molar refractivity (Wildman–Crippen MR) is 196 cm³/mol. The number of hydrogen-bond donors (Lipinski definition) is 0. The van der Waals surface area contributed by atoms with Crippen molar-refractivity contribution in [2.45, 2.75) is 9.79 Å². The first-order valence-corrected chi connectivity index (χ1v) is 16.6. The molecule has 0 bridgehead atoms. The highest BCUT2D eigenvalue weighted by atomic mass is 32.2. The van der Waals surface area contributed by atoms with Crippen molar-refractivity contribution < 1.29 is 0 Å². The number of fused-ring (bicyclic) bond motifs is 7. The van der Waals surface area contributed by atoms with Crippen molar-refractivity contribution in [2.24, 2.45) is 0 Å². The molecule has 0 atom stereocenters. The maximum absolute atomic E-state index is 2.45. The lowest BCUT2D eigenvalue weighted by atomic mass is 9.89. The summed E-state index contributed by atoms with van der Waals surface area (Å²) in [5, 5.41) is 7.72. The van der Waals surface area contributed by atoms with E-state index in [0.29, 0.717) is 0 Å². The first-order valence-electron chi connectivity index (χ1n) is 15.8. The van der Waals surface area contributed by atoms with Crippen LogP contribution in [0, 0.1) is 0 Å². The van der Waals surface area contributed by atoms with Gasteiger partial charge in [0.15, 0.2) is 0 Å². The van der Waals surface area contributed by atoms with Gasteiger partial charge in [-0.15, -0.1) is 0 Å². The third kappa shape index (κ3) is 3.71. The highest BCUT2D eigenvalue weighted by Gasteiger charge is 2.22. The summed E-state index contributed by atoms with van der Waals surface area (Å²) in [6.07, 6.45) is 0. The first kappa shape index (κ1) is 25.7. The Labute approximate surface area is 271 Å². The summed E-state index contributed by atoms with van der Waals surface area (Å²) in [7, 11) is 0. The molecule has 46 heavy (non-hydrogen) atoms. The average molecular weight is 602 g/mol. The van der Waals surface area contributed by atoms with Crippen molar-refractivity contribution in [1.29, 1.82) is 0 Å². The lowest BCUT2D eigenvalue weighted by Crippen LogP contribution is -1.95. The van der Waals surface area contributed by atoms with E-state index < -0.39 is 0 Å². The minimum Gasteiger partial charge on any atom is -0.309 e. The minimum absolute atomic E-state index is 1.17. The second kappa shape index (κ2) is 9.97. The maximum atomic E-state index is 2.45. The van der Waals surface area contributed by atoms with Crippen molar-refractivity contribution in [3.8, 4) is 39.1 Å². The molecule has 2 heteroatoms. The SMILES string of the molecule is c1ccc(-n2c3cc(-c4ccccc4-c4ccc5c6c(cccc46)-c4ccccc4S5)ccc3c3ccc4ccccc4c32)cc1. The Hall–Kier alpha value is -5.57. The molecule has 0 spiro atoms. The maximum Gasteiger partial charge on any atom is 0.0619 e. The van der Waals surface area contributed by atoms with E-state index in [1.54, 1.807) is 0 Å². The Morgan fingerprint density at radius 2 is 1.11 bits per heavy atom. The van der Waals surface area contributed by atoms with Crippen LogP contribution >= 0.6 is 11.8 Å². The number of para-hydroxylation sites is 1. The molecule has 1 aromatic heterocycles. The van der Waals surface area contributed by atoms with E-state index in [9.17, 15) is 0 Å². The zero-order valence-corrected chi connectivity index (χ0v) is 25.8. The van der Waals surface area contributed by atoms with Crippen molar-refractivity contribution in [1.82, 2.24) is 4.57 Å². The Balaban J connectivity index is 1.23. The average Bonchev–Trinajstić information content (AvgIpc) is 3.46. The molecule has 0 saturated carbocycles. The zero-order valence-electron chi connectivity index (χ0n) is 24.9. The third-order valence-corrected chi connectivity index (χ3v) is 10.7. The van der Waals surface area contributed by atoms with Crippen LogP contribution in [0.25, 0.3) is 82.4 Å². The monoisotopic (exact) mass is 601 g/mol. The summed E-state index contributed by atoms with van der Waals surface area (Å²) in [5.74, 6) is 0. The van der Waals surface area contributed by atoms with Crippen molar-refractivity contribution >= 4 is 55.1 Å². The van der Waals surface area contributed by atoms with Crippen LogP contribution in [-0.4, -0.2) is 4.57 Å². The Morgan fingerprint density at radius 1 is 0.391 bits per heavy atom. The van der Waals surface area contributed by atoms with Gasteiger partial charge in [0.25, 0.3) is 0 Å². The topological polar surface area (TPSA) is 4.93 Å². The molecular formula is C44H27NS. The van der Waals surface area contributed by atoms with Crippen LogP contribution in [0.3, 0.4) is 0 Å². The van der Waals surface area contributed by atoms with E-state index in [2.05, 4.69) is 168 Å². The molecule has 1 aliphatic heterocycles. The normalized spacial score (nSPS) is 12.3. The smallest absolute Gasteiger partial charge is 0.0619 e. The molecule has 0 fully saturated rings. The van der Waals surface area contributed by atoms with Gasteiger partial charge in [0.2, 0.25) is 0 Å². The van der Waals surface area contributed by atoms with Gasteiger partial charge in [0, 0.05) is 37.0 Å². The van der Waals surface area contributed by atoms with E-state index in [0.717, 1.165) is 0 Å². The standard InChI is InChI=1S/C44H27NS/c1-2-12-30(13-3-1)45-40-27-29(22-23-35(40)39-24-21-28-11-4-5-15-32(28)44(39)45)31-14-6-7-16-33(31)34-25-26-42-43-37(34)18-10-19-38(43)36-17-8-9-20-41(36)46-42/h1-27H. The number of rotatable bonds is 3. The van der Waals surface area contributed by atoms with Crippen molar-refractivity contribution in [2.75, 3.05) is 0 Å². The van der Waals surface area contributed by atoms with Crippen LogP contribution < -0.4 is 0 Å². The van der Waals surface area contributed by atoms with Crippen LogP contribution in [0.5, 0.6) is 0 Å². The van der Waals surface area contributed by atoms with Gasteiger partial charge < -0.3 is 4.57 Å². The second-order valence-electron chi connectivity index (χ2n) is 12.1. The van der Waals surface area contributed by atoms with Gasteiger partial charge in [-0.3, -0.25) is 0 Å². The summed E-state index contributed by atoms with van der Waals surface area (Å²) >= 11 is 1.88. The lowest BCUT2D eigenvalue weighted by molar-refractivity contribution is 1.19. The van der Waals surface area contributed by atoms with Crippen LogP contribution in [0.15, 0.2) is 174 Å². The Kier molecular flexibility index (Phi) is 5.58. The number of aromatic nitrogens is 1. The fraction of sp³-hybridized carbons (Fsp3) is 0. The van der Waals surface area contributed by atoms with E-state index in [1.165, 1.54) is 92.2 Å². The highest BCUT2D eigenvalue weighted by Crippen LogP contribution is 2.50. The van der Waals surface area contributed by atoms with Crippen molar-refractivity contribution in [3.63, 3.8) is 0 Å². The molecule has 0 aliphatic carbocycles. The summed E-state index contributed by atoms with van der Waals surface area (Å²) in [6.45, 7) is 0. The molecule has 9 aromatic rings. The molecule has 0 N–H and O–H groups in total. The molecule has 214 valence electrons. The molecule has 0 amide bonds.